The fourth-order valence-electron chi connectivity index (χ4n) is 6.41. The van der Waals surface area contributed by atoms with E-state index in [4.69, 9.17) is 13.9 Å². The number of aryl methyl sites for hydroxylation is 1. The molecule has 2 aliphatic rings. The Morgan fingerprint density at radius 2 is 1.62 bits per heavy atom. The summed E-state index contributed by atoms with van der Waals surface area (Å²) in [5, 5.41) is 23.6. The Kier molecular flexibility index (Phi) is 8.31. The number of aliphatic hydroxyl groups excluding tert-OH is 1. The number of rotatable bonds is 6. The first kappa shape index (κ1) is 29.7. The van der Waals surface area contributed by atoms with Crippen LogP contribution in [0.5, 0.6) is 0 Å². The number of hydrogen-bond acceptors (Lipinski definition) is 8. The molecule has 1 spiro atoms. The van der Waals surface area contributed by atoms with Gasteiger partial charge in [-0.05, 0) is 13.8 Å². The van der Waals surface area contributed by atoms with Gasteiger partial charge in [0.05, 0.1) is 24.0 Å². The summed E-state index contributed by atoms with van der Waals surface area (Å²) in [6.07, 6.45) is -1.08. The Morgan fingerprint density at radius 1 is 1.03 bits per heavy atom. The standard InChI is InChI=1S/C29H44O8/c1-11-21(30)13(3)26-16(6)24(32)18(8)29(36-26)19(9)25(33)17(7)28(34,37-29)20(10)27-15(5)23(31)14(4)22(12-2)35-27/h13,16-20,25-26,33-34H,11-12H2,1-10H3/t13-,16-,17-,18+,19+,20-,25+,26+,28-,29-/m0/s1. The maximum absolute atomic E-state index is 13.5. The molecule has 1 aromatic rings. The molecular weight excluding hydrogens is 476 g/mol. The second-order valence-corrected chi connectivity index (χ2v) is 11.3. The highest BCUT2D eigenvalue weighted by atomic mass is 16.8. The summed E-state index contributed by atoms with van der Waals surface area (Å²) in [6, 6.07) is 0. The highest BCUT2D eigenvalue weighted by Gasteiger charge is 2.66. The highest BCUT2D eigenvalue weighted by Crippen LogP contribution is 2.54. The van der Waals surface area contributed by atoms with Gasteiger partial charge in [0.1, 0.15) is 23.1 Å². The quantitative estimate of drug-likeness (QED) is 0.580. The van der Waals surface area contributed by atoms with Gasteiger partial charge in [-0.2, -0.15) is 0 Å². The van der Waals surface area contributed by atoms with Gasteiger partial charge >= 0.3 is 0 Å². The molecule has 0 aromatic carbocycles. The van der Waals surface area contributed by atoms with Crippen LogP contribution in [0.25, 0.3) is 0 Å². The zero-order valence-electron chi connectivity index (χ0n) is 23.9. The monoisotopic (exact) mass is 520 g/mol. The van der Waals surface area contributed by atoms with Gasteiger partial charge in [-0.15, -0.1) is 0 Å². The molecule has 0 radical (unpaired) electrons. The van der Waals surface area contributed by atoms with Crippen LogP contribution < -0.4 is 5.43 Å². The first-order chi connectivity index (χ1) is 17.1. The lowest BCUT2D eigenvalue weighted by molar-refractivity contribution is -0.449. The Bertz CT molecular complexity index is 1100. The molecule has 0 bridgehead atoms. The van der Waals surface area contributed by atoms with Crippen LogP contribution in [-0.2, 0) is 25.5 Å². The van der Waals surface area contributed by atoms with Crippen LogP contribution in [0.4, 0.5) is 0 Å². The summed E-state index contributed by atoms with van der Waals surface area (Å²) in [7, 11) is 0. The van der Waals surface area contributed by atoms with Crippen LogP contribution in [0.15, 0.2) is 9.21 Å². The van der Waals surface area contributed by atoms with Gasteiger partial charge in [0.15, 0.2) is 17.0 Å². The van der Waals surface area contributed by atoms with Crippen LogP contribution in [-0.4, -0.2) is 45.6 Å². The van der Waals surface area contributed by atoms with Gasteiger partial charge in [-0.25, -0.2) is 0 Å². The molecule has 3 heterocycles. The zero-order valence-corrected chi connectivity index (χ0v) is 23.9. The summed E-state index contributed by atoms with van der Waals surface area (Å²) < 4.78 is 19.2. The first-order valence-corrected chi connectivity index (χ1v) is 13.6. The molecule has 208 valence electrons. The molecular formula is C29H44O8. The van der Waals surface area contributed by atoms with E-state index >= 15 is 0 Å². The van der Waals surface area contributed by atoms with Gasteiger partial charge in [0, 0.05) is 47.6 Å². The van der Waals surface area contributed by atoms with Gasteiger partial charge in [0.2, 0.25) is 0 Å². The first-order valence-electron chi connectivity index (χ1n) is 13.6. The van der Waals surface area contributed by atoms with Crippen LogP contribution in [0.1, 0.15) is 90.4 Å². The predicted octanol–water partition coefficient (Wildman–Crippen LogP) is 3.83. The predicted molar refractivity (Wildman–Crippen MR) is 138 cm³/mol. The Morgan fingerprint density at radius 3 is 2.16 bits per heavy atom. The molecule has 8 heteroatoms. The topological polar surface area (TPSA) is 123 Å². The minimum absolute atomic E-state index is 0.0421. The van der Waals surface area contributed by atoms with Gasteiger partial charge < -0.3 is 24.1 Å². The van der Waals surface area contributed by atoms with E-state index in [9.17, 15) is 24.6 Å². The molecule has 2 N–H and O–H groups in total. The number of carbonyl (C=O) groups is 2. The number of hydrogen-bond donors (Lipinski definition) is 2. The van der Waals surface area contributed by atoms with Crippen molar-refractivity contribution in [3.63, 3.8) is 0 Å². The molecule has 2 aliphatic heterocycles. The van der Waals surface area contributed by atoms with Gasteiger partial charge in [-0.1, -0.05) is 55.4 Å². The molecule has 2 fully saturated rings. The van der Waals surface area contributed by atoms with Crippen LogP contribution in [0.3, 0.4) is 0 Å². The summed E-state index contributed by atoms with van der Waals surface area (Å²) in [4.78, 5) is 39.1. The van der Waals surface area contributed by atoms with E-state index in [2.05, 4.69) is 0 Å². The molecule has 0 saturated carbocycles. The number of aliphatic hydroxyl groups is 2. The van der Waals surface area contributed by atoms with Crippen LogP contribution in [0.2, 0.25) is 0 Å². The number of carbonyl (C=O) groups excluding carboxylic acids is 2. The Labute approximate surface area is 219 Å². The average molecular weight is 521 g/mol. The Balaban J connectivity index is 2.16. The largest absolute Gasteiger partial charge is 0.465 e. The van der Waals surface area contributed by atoms with E-state index in [-0.39, 0.29) is 22.8 Å². The van der Waals surface area contributed by atoms with Crippen molar-refractivity contribution in [1.29, 1.82) is 0 Å². The number of Topliss-reactive ketones (excluding diaryl/α,β-unsaturated/α-hetero) is 2. The summed E-state index contributed by atoms with van der Waals surface area (Å²) in [6.45, 7) is 17.3. The summed E-state index contributed by atoms with van der Waals surface area (Å²) >= 11 is 0. The van der Waals surface area contributed by atoms with Gasteiger partial charge in [-0.3, -0.25) is 14.4 Å². The minimum atomic E-state index is -2.04. The van der Waals surface area contributed by atoms with Crippen molar-refractivity contribution in [2.75, 3.05) is 0 Å². The van der Waals surface area contributed by atoms with Crippen LogP contribution in [0, 0.1) is 43.4 Å². The maximum Gasteiger partial charge on any atom is 0.191 e. The SMILES string of the molecule is CCC(=O)[C@H](C)[C@H]1O[C@]2(O[C@](O)([C@@H](C)c3oc(CC)c(C)c(=O)c3C)[C@@H](C)[C@@H](O)[C@H]2C)[C@H](C)C(=O)[C@@H]1C. The van der Waals surface area contributed by atoms with E-state index in [0.29, 0.717) is 29.7 Å². The third-order valence-electron chi connectivity index (χ3n) is 9.31. The molecule has 8 nitrogen and oxygen atoms in total. The Hall–Kier alpha value is -1.87. The van der Waals surface area contributed by atoms with Crippen molar-refractivity contribution in [2.45, 2.75) is 112 Å². The second kappa shape index (κ2) is 10.4. The van der Waals surface area contributed by atoms with Crippen LogP contribution >= 0.6 is 0 Å². The smallest absolute Gasteiger partial charge is 0.191 e. The fourth-order valence-corrected chi connectivity index (χ4v) is 6.41. The van der Waals surface area contributed by atoms with E-state index in [1.54, 1.807) is 62.3 Å². The van der Waals surface area contributed by atoms with E-state index < -0.39 is 59.3 Å². The van der Waals surface area contributed by atoms with Crippen molar-refractivity contribution in [1.82, 2.24) is 0 Å². The molecule has 10 atom stereocenters. The maximum atomic E-state index is 13.5. The van der Waals surface area contributed by atoms with Crippen molar-refractivity contribution in [2.24, 2.45) is 29.6 Å². The molecule has 37 heavy (non-hydrogen) atoms. The van der Waals surface area contributed by atoms with Crippen molar-refractivity contribution in [3.8, 4) is 0 Å². The third-order valence-corrected chi connectivity index (χ3v) is 9.31. The zero-order chi connectivity index (χ0) is 28.2. The number of ether oxygens (including phenoxy) is 2. The van der Waals surface area contributed by atoms with Crippen molar-refractivity contribution < 1.29 is 33.7 Å². The third kappa shape index (κ3) is 4.44. The fraction of sp³-hybridized carbons (Fsp3) is 0.759. The second-order valence-electron chi connectivity index (χ2n) is 11.3. The molecule has 0 unspecified atom stereocenters. The average Bonchev–Trinajstić information content (AvgIpc) is 2.88. The van der Waals surface area contributed by atoms with E-state index in [0.717, 1.165) is 0 Å². The van der Waals surface area contributed by atoms with E-state index in [1.807, 2.05) is 6.92 Å². The summed E-state index contributed by atoms with van der Waals surface area (Å²) in [5.74, 6) is -7.45. The lowest BCUT2D eigenvalue weighted by Gasteiger charge is -2.60. The molecule has 3 rings (SSSR count). The normalized spacial score (nSPS) is 38.0. The van der Waals surface area contributed by atoms with Crippen molar-refractivity contribution in [3.05, 3.63) is 32.9 Å². The molecule has 2 saturated heterocycles. The van der Waals surface area contributed by atoms with E-state index in [1.165, 1.54) is 0 Å². The highest BCUT2D eigenvalue weighted by molar-refractivity contribution is 5.87. The summed E-state index contributed by atoms with van der Waals surface area (Å²) in [5.41, 5.74) is 0.710. The minimum Gasteiger partial charge on any atom is -0.465 e. The molecule has 0 amide bonds. The van der Waals surface area contributed by atoms with Crippen molar-refractivity contribution >= 4 is 11.6 Å². The van der Waals surface area contributed by atoms with Gasteiger partial charge in [0.25, 0.3) is 0 Å². The molecule has 1 aromatic heterocycles. The lowest BCUT2D eigenvalue weighted by atomic mass is 9.67. The molecule has 0 aliphatic carbocycles. The lowest BCUT2D eigenvalue weighted by Crippen LogP contribution is -2.72. The number of ketones is 2.